The average molecular weight is 191 g/mol. The van der Waals surface area contributed by atoms with Crippen molar-refractivity contribution in [2.75, 3.05) is 0 Å². The molecule has 1 aromatic rings. The van der Waals surface area contributed by atoms with Gasteiger partial charge in [-0.15, -0.1) is 0 Å². The molecule has 2 saturated carbocycles. The van der Waals surface area contributed by atoms with Crippen molar-refractivity contribution in [2.24, 2.45) is 17.6 Å². The van der Waals surface area contributed by atoms with Gasteiger partial charge in [0.1, 0.15) is 5.82 Å². The third-order valence-corrected chi connectivity index (χ3v) is 3.92. The number of nitrogens with one attached hydrogen (secondary N) is 1. The van der Waals surface area contributed by atoms with E-state index in [4.69, 9.17) is 5.73 Å². The molecule has 3 N–H and O–H groups in total. The minimum absolute atomic E-state index is 0.146. The molecular formula is C11H17N3. The van der Waals surface area contributed by atoms with Crippen LogP contribution in [0.15, 0.2) is 0 Å². The predicted octanol–water partition coefficient (Wildman–Crippen LogP) is 1.61. The first-order chi connectivity index (χ1) is 6.58. The fraction of sp³-hybridized carbons (Fsp3) is 0.727. The number of imidazole rings is 1. The van der Waals surface area contributed by atoms with Crippen molar-refractivity contribution >= 4 is 0 Å². The molecule has 0 radical (unpaired) electrons. The number of nitrogens with two attached hydrogens (primary N) is 1. The molecule has 3 nitrogen and oxygen atoms in total. The van der Waals surface area contributed by atoms with E-state index in [9.17, 15) is 0 Å². The van der Waals surface area contributed by atoms with Crippen LogP contribution >= 0.6 is 0 Å². The van der Waals surface area contributed by atoms with Crippen LogP contribution in [0.3, 0.4) is 0 Å². The zero-order valence-corrected chi connectivity index (χ0v) is 8.80. The summed E-state index contributed by atoms with van der Waals surface area (Å²) in [4.78, 5) is 7.87. The molecule has 2 atom stereocenters. The zero-order valence-electron chi connectivity index (χ0n) is 8.80. The lowest BCUT2D eigenvalue weighted by molar-refractivity contribution is 0.389. The fourth-order valence-corrected chi connectivity index (χ4v) is 2.81. The maximum absolute atomic E-state index is 6.39. The lowest BCUT2D eigenvalue weighted by Crippen LogP contribution is -2.36. The largest absolute Gasteiger partial charge is 0.344 e. The Hall–Kier alpha value is -0.830. The van der Waals surface area contributed by atoms with E-state index in [1.807, 2.05) is 6.92 Å². The number of aromatic amines is 1. The molecule has 0 saturated heterocycles. The highest BCUT2D eigenvalue weighted by atomic mass is 15.0. The lowest BCUT2D eigenvalue weighted by atomic mass is 9.94. The number of aryl methyl sites for hydroxylation is 2. The maximum atomic E-state index is 6.39. The van der Waals surface area contributed by atoms with E-state index >= 15 is 0 Å². The highest BCUT2D eigenvalue weighted by molar-refractivity contribution is 5.21. The molecule has 76 valence electrons. The molecule has 1 aromatic heterocycles. The number of H-pyrrole nitrogens is 1. The first kappa shape index (κ1) is 8.48. The summed E-state index contributed by atoms with van der Waals surface area (Å²) in [5.41, 5.74) is 8.49. The van der Waals surface area contributed by atoms with Gasteiger partial charge in [0.2, 0.25) is 0 Å². The number of rotatable bonds is 1. The van der Waals surface area contributed by atoms with Gasteiger partial charge >= 0.3 is 0 Å². The third-order valence-electron chi connectivity index (χ3n) is 3.92. The van der Waals surface area contributed by atoms with Crippen LogP contribution < -0.4 is 5.73 Å². The number of fused-ring (bicyclic) bond motifs is 1. The normalized spacial score (nSPS) is 39.9. The molecule has 1 heterocycles. The molecule has 2 unspecified atom stereocenters. The van der Waals surface area contributed by atoms with Gasteiger partial charge in [0.15, 0.2) is 0 Å². The number of nitrogens with zero attached hydrogens (tertiary/aromatic N) is 1. The summed E-state index contributed by atoms with van der Waals surface area (Å²) in [6.07, 6.45) is 3.66. The van der Waals surface area contributed by atoms with E-state index in [0.717, 1.165) is 41.9 Å². The van der Waals surface area contributed by atoms with Crippen molar-refractivity contribution in [1.29, 1.82) is 0 Å². The molecule has 2 aliphatic carbocycles. The van der Waals surface area contributed by atoms with Gasteiger partial charge in [-0.05, 0) is 44.9 Å². The van der Waals surface area contributed by atoms with E-state index < -0.39 is 0 Å². The Morgan fingerprint density at radius 2 is 2.00 bits per heavy atom. The van der Waals surface area contributed by atoms with Crippen LogP contribution in [0.4, 0.5) is 0 Å². The maximum Gasteiger partial charge on any atom is 0.126 e. The minimum atomic E-state index is -0.146. The zero-order chi connectivity index (χ0) is 9.92. The quantitative estimate of drug-likeness (QED) is 0.708. The van der Waals surface area contributed by atoms with Crippen molar-refractivity contribution in [3.05, 3.63) is 17.2 Å². The molecular weight excluding hydrogens is 174 g/mol. The number of aromatic nitrogens is 2. The molecule has 0 aromatic carbocycles. The monoisotopic (exact) mass is 191 g/mol. The molecule has 0 spiro atoms. The van der Waals surface area contributed by atoms with Crippen LogP contribution in [0, 0.1) is 25.7 Å². The van der Waals surface area contributed by atoms with Crippen molar-refractivity contribution in [1.82, 2.24) is 9.97 Å². The molecule has 14 heavy (non-hydrogen) atoms. The van der Waals surface area contributed by atoms with Crippen molar-refractivity contribution in [2.45, 2.75) is 38.6 Å². The Labute approximate surface area is 84.1 Å². The Morgan fingerprint density at radius 3 is 2.50 bits per heavy atom. The summed E-state index contributed by atoms with van der Waals surface area (Å²) in [5.74, 6) is 2.80. The van der Waals surface area contributed by atoms with E-state index in [0.29, 0.717) is 0 Å². The summed E-state index contributed by atoms with van der Waals surface area (Å²) in [5, 5.41) is 0. The van der Waals surface area contributed by atoms with Crippen molar-refractivity contribution in [3.63, 3.8) is 0 Å². The molecule has 0 amide bonds. The standard InChI is InChI=1S/C11H17N3/c1-6-7(2)14-10(13-6)11(12)4-8-3-9(8)5-11/h8-9H,3-5,12H2,1-2H3,(H,13,14). The van der Waals surface area contributed by atoms with Gasteiger partial charge in [0, 0.05) is 5.69 Å². The summed E-state index contributed by atoms with van der Waals surface area (Å²) in [6.45, 7) is 4.10. The van der Waals surface area contributed by atoms with Gasteiger partial charge in [-0.25, -0.2) is 4.98 Å². The van der Waals surface area contributed by atoms with Crippen LogP contribution in [-0.4, -0.2) is 9.97 Å². The number of hydrogen-bond donors (Lipinski definition) is 2. The summed E-state index contributed by atoms with van der Waals surface area (Å²) in [7, 11) is 0. The van der Waals surface area contributed by atoms with E-state index in [1.165, 1.54) is 6.42 Å². The minimum Gasteiger partial charge on any atom is -0.344 e. The highest BCUT2D eigenvalue weighted by Crippen LogP contribution is 2.57. The second kappa shape index (κ2) is 2.40. The smallest absolute Gasteiger partial charge is 0.126 e. The van der Waals surface area contributed by atoms with Gasteiger partial charge in [-0.2, -0.15) is 0 Å². The van der Waals surface area contributed by atoms with Gasteiger partial charge in [0.25, 0.3) is 0 Å². The Bertz CT molecular complexity index is 350. The SMILES string of the molecule is Cc1nc(C2(N)CC3CC3C2)[nH]c1C. The Kier molecular flexibility index (Phi) is 1.45. The first-order valence-electron chi connectivity index (χ1n) is 5.41. The highest BCUT2D eigenvalue weighted by Gasteiger charge is 2.53. The molecule has 2 fully saturated rings. The molecule has 3 rings (SSSR count). The van der Waals surface area contributed by atoms with Gasteiger partial charge in [0.05, 0.1) is 11.2 Å². The van der Waals surface area contributed by atoms with Crippen molar-refractivity contribution in [3.8, 4) is 0 Å². The molecule has 0 bridgehead atoms. The molecule has 0 aliphatic heterocycles. The number of hydrogen-bond acceptors (Lipinski definition) is 2. The molecule has 2 aliphatic rings. The predicted molar refractivity (Wildman–Crippen MR) is 54.8 cm³/mol. The van der Waals surface area contributed by atoms with E-state index in [-0.39, 0.29) is 5.54 Å². The van der Waals surface area contributed by atoms with Crippen LogP contribution in [0.25, 0.3) is 0 Å². The van der Waals surface area contributed by atoms with Crippen molar-refractivity contribution < 1.29 is 0 Å². The fourth-order valence-electron chi connectivity index (χ4n) is 2.81. The van der Waals surface area contributed by atoms with Crippen LogP contribution in [0.5, 0.6) is 0 Å². The second-order valence-electron chi connectivity index (χ2n) is 5.12. The third kappa shape index (κ3) is 1.05. The topological polar surface area (TPSA) is 54.7 Å². The van der Waals surface area contributed by atoms with Crippen LogP contribution in [-0.2, 0) is 5.54 Å². The average Bonchev–Trinajstić information content (AvgIpc) is 2.57. The van der Waals surface area contributed by atoms with E-state index in [2.05, 4.69) is 16.9 Å². The Morgan fingerprint density at radius 1 is 1.36 bits per heavy atom. The van der Waals surface area contributed by atoms with Crippen LogP contribution in [0.1, 0.15) is 36.5 Å². The Balaban J connectivity index is 1.94. The summed E-state index contributed by atoms with van der Waals surface area (Å²) in [6, 6.07) is 0. The van der Waals surface area contributed by atoms with Gasteiger partial charge in [-0.3, -0.25) is 0 Å². The summed E-state index contributed by atoms with van der Waals surface area (Å²) >= 11 is 0. The van der Waals surface area contributed by atoms with Crippen LogP contribution in [0.2, 0.25) is 0 Å². The summed E-state index contributed by atoms with van der Waals surface area (Å²) < 4.78 is 0. The first-order valence-corrected chi connectivity index (χ1v) is 5.41. The molecule has 3 heteroatoms. The van der Waals surface area contributed by atoms with E-state index in [1.54, 1.807) is 0 Å². The lowest BCUT2D eigenvalue weighted by Gasteiger charge is -2.22. The van der Waals surface area contributed by atoms with Gasteiger partial charge < -0.3 is 10.7 Å². The second-order valence-corrected chi connectivity index (χ2v) is 5.12. The van der Waals surface area contributed by atoms with Gasteiger partial charge in [-0.1, -0.05) is 0 Å².